The molecule has 1 atom stereocenters. The first-order valence-electron chi connectivity index (χ1n) is 7.75. The van der Waals surface area contributed by atoms with Crippen molar-refractivity contribution in [2.24, 2.45) is 0 Å². The molecule has 2 aromatic heterocycles. The molecule has 23 heavy (non-hydrogen) atoms. The van der Waals surface area contributed by atoms with Crippen molar-refractivity contribution in [2.45, 2.75) is 45.3 Å². The summed E-state index contributed by atoms with van der Waals surface area (Å²) in [7, 11) is 0. The fourth-order valence-corrected chi connectivity index (χ4v) is 3.12. The number of carboxylic acids is 1. The average molecular weight is 315 g/mol. The van der Waals surface area contributed by atoms with Crippen molar-refractivity contribution in [3.05, 3.63) is 47.1 Å². The summed E-state index contributed by atoms with van der Waals surface area (Å²) in [6, 6.07) is 2.24. The fraction of sp³-hybridized carbons (Fsp3) is 0.438. The minimum Gasteiger partial charge on any atom is -0.476 e. The molecule has 1 aliphatic carbocycles. The molecule has 0 amide bonds. The molecule has 1 aliphatic rings. The van der Waals surface area contributed by atoms with E-state index in [-0.39, 0.29) is 11.7 Å². The first-order chi connectivity index (χ1) is 11.1. The van der Waals surface area contributed by atoms with Crippen molar-refractivity contribution in [2.75, 3.05) is 0 Å². The Labute approximate surface area is 134 Å². The van der Waals surface area contributed by atoms with E-state index in [2.05, 4.69) is 27.2 Å². The predicted octanol–water partition coefficient (Wildman–Crippen LogP) is 1.45. The number of aryl methyl sites for hydroxylation is 1. The smallest absolute Gasteiger partial charge is 0.356 e. The van der Waals surface area contributed by atoms with E-state index in [1.54, 1.807) is 10.8 Å². The van der Waals surface area contributed by atoms with Crippen molar-refractivity contribution >= 4 is 5.97 Å². The molecule has 3 N–H and O–H groups in total. The first-order valence-corrected chi connectivity index (χ1v) is 7.75. The van der Waals surface area contributed by atoms with Gasteiger partial charge in [0.05, 0.1) is 12.2 Å². The zero-order valence-electron chi connectivity index (χ0n) is 13.2. The molecule has 0 spiro atoms. The maximum atomic E-state index is 11.4. The molecule has 2 heterocycles. The summed E-state index contributed by atoms with van der Waals surface area (Å²) < 4.78 is 1.76. The number of aromatic nitrogens is 4. The Morgan fingerprint density at radius 2 is 2.48 bits per heavy atom. The van der Waals surface area contributed by atoms with Crippen LogP contribution in [0.25, 0.3) is 0 Å². The van der Waals surface area contributed by atoms with E-state index in [4.69, 9.17) is 0 Å². The normalized spacial score (nSPS) is 17.0. The summed E-state index contributed by atoms with van der Waals surface area (Å²) in [5.74, 6) is -0.965. The number of carboxylic acid groups (broad SMARTS) is 1. The zero-order chi connectivity index (χ0) is 16.4. The SMILES string of the molecule is C=CCn1nc(C(=O)O)c2c1CC[C@H](NCc1cc(C)[nH]n1)C2. The van der Waals surface area contributed by atoms with Crippen LogP contribution in [0.1, 0.15) is 39.6 Å². The van der Waals surface area contributed by atoms with Crippen LogP contribution in [0.15, 0.2) is 18.7 Å². The summed E-state index contributed by atoms with van der Waals surface area (Å²) >= 11 is 0. The molecule has 0 fully saturated rings. The Hall–Kier alpha value is -2.41. The van der Waals surface area contributed by atoms with Crippen molar-refractivity contribution in [1.82, 2.24) is 25.3 Å². The minimum atomic E-state index is -0.965. The number of hydrogen-bond donors (Lipinski definition) is 3. The van der Waals surface area contributed by atoms with Gasteiger partial charge in [-0.25, -0.2) is 4.79 Å². The molecule has 7 heteroatoms. The molecule has 0 aliphatic heterocycles. The second-order valence-electron chi connectivity index (χ2n) is 5.91. The highest BCUT2D eigenvalue weighted by Crippen LogP contribution is 2.25. The lowest BCUT2D eigenvalue weighted by molar-refractivity contribution is 0.0688. The molecule has 0 unspecified atom stereocenters. The van der Waals surface area contributed by atoms with E-state index in [9.17, 15) is 9.90 Å². The van der Waals surface area contributed by atoms with Crippen LogP contribution in [0.5, 0.6) is 0 Å². The number of H-pyrrole nitrogens is 1. The molecule has 2 aromatic rings. The highest BCUT2D eigenvalue weighted by Gasteiger charge is 2.28. The van der Waals surface area contributed by atoms with Crippen LogP contribution in [0.4, 0.5) is 0 Å². The topological polar surface area (TPSA) is 95.8 Å². The Balaban J connectivity index is 1.74. The Morgan fingerprint density at radius 1 is 1.65 bits per heavy atom. The van der Waals surface area contributed by atoms with Gasteiger partial charge in [-0.1, -0.05) is 6.08 Å². The van der Waals surface area contributed by atoms with Gasteiger partial charge in [0.2, 0.25) is 0 Å². The number of carbonyl (C=O) groups is 1. The van der Waals surface area contributed by atoms with Crippen LogP contribution in [0, 0.1) is 6.92 Å². The predicted molar refractivity (Wildman–Crippen MR) is 85.4 cm³/mol. The van der Waals surface area contributed by atoms with Crippen molar-refractivity contribution < 1.29 is 9.90 Å². The molecule has 7 nitrogen and oxygen atoms in total. The quantitative estimate of drug-likeness (QED) is 0.701. The summed E-state index contributed by atoms with van der Waals surface area (Å²) in [5, 5.41) is 24.2. The molecule has 0 saturated heterocycles. The lowest BCUT2D eigenvalue weighted by atomic mass is 9.91. The maximum absolute atomic E-state index is 11.4. The summed E-state index contributed by atoms with van der Waals surface area (Å²) in [6.07, 6.45) is 4.19. The van der Waals surface area contributed by atoms with Crippen LogP contribution in [-0.4, -0.2) is 37.1 Å². The van der Waals surface area contributed by atoms with Crippen LogP contribution in [0.3, 0.4) is 0 Å². The van der Waals surface area contributed by atoms with E-state index >= 15 is 0 Å². The molecule has 0 saturated carbocycles. The van der Waals surface area contributed by atoms with Gasteiger partial charge in [0.1, 0.15) is 0 Å². The Kier molecular flexibility index (Phi) is 4.29. The molecule has 0 bridgehead atoms. The fourth-order valence-electron chi connectivity index (χ4n) is 3.12. The number of aromatic carboxylic acids is 1. The van der Waals surface area contributed by atoms with Gasteiger partial charge in [-0.05, 0) is 32.3 Å². The van der Waals surface area contributed by atoms with E-state index in [1.807, 2.05) is 13.0 Å². The van der Waals surface area contributed by atoms with Gasteiger partial charge in [0.25, 0.3) is 0 Å². The summed E-state index contributed by atoms with van der Waals surface area (Å²) in [6.45, 7) is 6.89. The molecule has 3 rings (SSSR count). The highest BCUT2D eigenvalue weighted by atomic mass is 16.4. The highest BCUT2D eigenvalue weighted by molar-refractivity contribution is 5.87. The number of aromatic amines is 1. The van der Waals surface area contributed by atoms with E-state index in [0.29, 0.717) is 19.5 Å². The summed E-state index contributed by atoms with van der Waals surface area (Å²) in [5.41, 5.74) is 4.04. The number of hydrogen-bond acceptors (Lipinski definition) is 4. The zero-order valence-corrected chi connectivity index (χ0v) is 13.2. The number of nitrogens with zero attached hydrogens (tertiary/aromatic N) is 3. The molecular weight excluding hydrogens is 294 g/mol. The first kappa shape index (κ1) is 15.5. The van der Waals surface area contributed by atoms with Crippen molar-refractivity contribution in [1.29, 1.82) is 0 Å². The molecule has 0 radical (unpaired) electrons. The molecule has 122 valence electrons. The standard InChI is InChI=1S/C16H21N5O2/c1-3-6-21-14-5-4-11(8-13(14)15(20-21)16(22)23)17-9-12-7-10(2)18-19-12/h3,7,11,17H,1,4-6,8-9H2,2H3,(H,18,19)(H,22,23)/t11-/m0/s1. The second-order valence-corrected chi connectivity index (χ2v) is 5.91. The van der Waals surface area contributed by atoms with Gasteiger partial charge in [0.15, 0.2) is 5.69 Å². The third-order valence-electron chi connectivity index (χ3n) is 4.18. The van der Waals surface area contributed by atoms with Gasteiger partial charge >= 0.3 is 5.97 Å². The number of nitrogens with one attached hydrogen (secondary N) is 2. The van der Waals surface area contributed by atoms with E-state index in [0.717, 1.165) is 35.5 Å². The van der Waals surface area contributed by atoms with Crippen molar-refractivity contribution in [3.8, 4) is 0 Å². The Bertz CT molecular complexity index is 731. The average Bonchev–Trinajstić information content (AvgIpc) is 3.09. The second kappa shape index (κ2) is 6.37. The maximum Gasteiger partial charge on any atom is 0.356 e. The van der Waals surface area contributed by atoms with Crippen LogP contribution < -0.4 is 5.32 Å². The van der Waals surface area contributed by atoms with Gasteiger partial charge in [-0.15, -0.1) is 6.58 Å². The molecule has 0 aromatic carbocycles. The third kappa shape index (κ3) is 3.19. The largest absolute Gasteiger partial charge is 0.476 e. The minimum absolute atomic E-state index is 0.170. The van der Waals surface area contributed by atoms with Gasteiger partial charge in [-0.2, -0.15) is 10.2 Å². The van der Waals surface area contributed by atoms with Gasteiger partial charge in [-0.3, -0.25) is 9.78 Å². The van der Waals surface area contributed by atoms with Gasteiger partial charge < -0.3 is 10.4 Å². The Morgan fingerprint density at radius 3 is 3.13 bits per heavy atom. The van der Waals surface area contributed by atoms with E-state index < -0.39 is 5.97 Å². The van der Waals surface area contributed by atoms with Crippen LogP contribution >= 0.6 is 0 Å². The third-order valence-corrected chi connectivity index (χ3v) is 4.18. The number of allylic oxidation sites excluding steroid dienone is 1. The van der Waals surface area contributed by atoms with E-state index in [1.165, 1.54) is 0 Å². The summed E-state index contributed by atoms with van der Waals surface area (Å²) in [4.78, 5) is 11.4. The molecular formula is C16H21N5O2. The monoisotopic (exact) mass is 315 g/mol. The lowest BCUT2D eigenvalue weighted by Gasteiger charge is -2.24. The number of fused-ring (bicyclic) bond motifs is 1. The van der Waals surface area contributed by atoms with Gasteiger partial charge in [0, 0.05) is 29.5 Å². The van der Waals surface area contributed by atoms with Crippen molar-refractivity contribution in [3.63, 3.8) is 0 Å². The van der Waals surface area contributed by atoms with Crippen LogP contribution in [-0.2, 0) is 25.9 Å². The van der Waals surface area contributed by atoms with Crippen LogP contribution in [0.2, 0.25) is 0 Å². The number of rotatable bonds is 6. The lowest BCUT2D eigenvalue weighted by Crippen LogP contribution is -2.35.